The maximum atomic E-state index is 12.1. The van der Waals surface area contributed by atoms with Crippen LogP contribution in [0, 0.1) is 0 Å². The van der Waals surface area contributed by atoms with E-state index in [4.69, 9.17) is 14.9 Å². The highest BCUT2D eigenvalue weighted by Crippen LogP contribution is 2.18. The molecule has 0 aliphatic carbocycles. The zero-order chi connectivity index (χ0) is 13.8. The second-order valence-electron chi connectivity index (χ2n) is 3.62. The number of urea groups is 1. The van der Waals surface area contributed by atoms with Gasteiger partial charge in [0.15, 0.2) is 0 Å². The van der Waals surface area contributed by atoms with Crippen molar-refractivity contribution in [1.29, 1.82) is 0 Å². The first kappa shape index (κ1) is 12.6. The van der Waals surface area contributed by atoms with E-state index in [2.05, 4.69) is 5.10 Å². The number of nitrogens with two attached hydrogens (primary N) is 1. The van der Waals surface area contributed by atoms with E-state index in [9.17, 15) is 9.59 Å². The van der Waals surface area contributed by atoms with Crippen LogP contribution in [0.15, 0.2) is 38.8 Å². The normalized spacial score (nSPS) is 10.8. The van der Waals surface area contributed by atoms with E-state index in [0.717, 1.165) is 0 Å². The Balaban J connectivity index is 2.43. The molecule has 0 atom stereocenters. The van der Waals surface area contributed by atoms with E-state index in [1.165, 1.54) is 19.6 Å². The van der Waals surface area contributed by atoms with Crippen molar-refractivity contribution >= 4 is 23.2 Å². The Bertz CT molecular complexity index is 706. The summed E-state index contributed by atoms with van der Waals surface area (Å²) < 4.78 is 10.3. The molecule has 0 bridgehead atoms. The molecule has 0 spiro atoms. The number of hydrogen-bond donors (Lipinski definition) is 2. The van der Waals surface area contributed by atoms with Gasteiger partial charge in [-0.3, -0.25) is 4.79 Å². The van der Waals surface area contributed by atoms with E-state index in [1.54, 1.807) is 18.2 Å². The fraction of sp³-hybridized carbons (Fsp3) is 0.0833. The number of hydrogen-bond acceptors (Lipinski definition) is 5. The Morgan fingerprint density at radius 1 is 1.53 bits per heavy atom. The Morgan fingerprint density at radius 3 is 3.00 bits per heavy atom. The Hall–Kier alpha value is -2.83. The van der Waals surface area contributed by atoms with Crippen molar-refractivity contribution in [3.63, 3.8) is 0 Å². The van der Waals surface area contributed by atoms with Gasteiger partial charge in [-0.2, -0.15) is 5.10 Å². The number of benzene rings is 1. The van der Waals surface area contributed by atoms with Gasteiger partial charge in [-0.1, -0.05) is 0 Å². The first-order chi connectivity index (χ1) is 9.11. The zero-order valence-electron chi connectivity index (χ0n) is 10.0. The third-order valence-electron chi connectivity index (χ3n) is 2.39. The fourth-order valence-corrected chi connectivity index (χ4v) is 1.51. The molecule has 2 amide bonds. The van der Waals surface area contributed by atoms with Crippen LogP contribution in [0.5, 0.6) is 5.75 Å². The molecular weight excluding hydrogens is 250 g/mol. The molecule has 1 heterocycles. The van der Waals surface area contributed by atoms with Crippen LogP contribution in [0.2, 0.25) is 0 Å². The van der Waals surface area contributed by atoms with Crippen molar-refractivity contribution in [2.75, 3.05) is 7.11 Å². The van der Waals surface area contributed by atoms with Crippen LogP contribution >= 0.6 is 0 Å². The molecule has 0 aliphatic heterocycles. The summed E-state index contributed by atoms with van der Waals surface area (Å²) in [4.78, 5) is 22.5. The van der Waals surface area contributed by atoms with Crippen molar-refractivity contribution in [3.05, 3.63) is 40.2 Å². The quantitative estimate of drug-likeness (QED) is 0.629. The Kier molecular flexibility index (Phi) is 3.46. The molecule has 98 valence electrons. The SMILES string of the molecule is COc1ccc2c(=O)c(/C=N/NC(N)=O)coc2c1. The van der Waals surface area contributed by atoms with Crippen molar-refractivity contribution in [2.45, 2.75) is 0 Å². The molecular formula is C12H11N3O4. The minimum Gasteiger partial charge on any atom is -0.497 e. The van der Waals surface area contributed by atoms with Gasteiger partial charge in [0.1, 0.15) is 17.6 Å². The highest BCUT2D eigenvalue weighted by atomic mass is 16.5. The molecule has 2 rings (SSSR count). The summed E-state index contributed by atoms with van der Waals surface area (Å²) in [5.74, 6) is 0.590. The zero-order valence-corrected chi connectivity index (χ0v) is 10.0. The number of hydrazone groups is 1. The van der Waals surface area contributed by atoms with Gasteiger partial charge in [0.2, 0.25) is 5.43 Å². The van der Waals surface area contributed by atoms with Crippen LogP contribution < -0.4 is 21.3 Å². The molecule has 19 heavy (non-hydrogen) atoms. The fourth-order valence-electron chi connectivity index (χ4n) is 1.51. The summed E-state index contributed by atoms with van der Waals surface area (Å²) in [5, 5.41) is 3.90. The van der Waals surface area contributed by atoms with Crippen LogP contribution in [0.1, 0.15) is 5.56 Å². The summed E-state index contributed by atoms with van der Waals surface area (Å²) in [6, 6.07) is 4.05. The number of carbonyl (C=O) groups excluding carboxylic acids is 1. The Labute approximate surface area is 107 Å². The average Bonchev–Trinajstić information content (AvgIpc) is 2.40. The number of rotatable bonds is 3. The molecule has 0 fully saturated rings. The lowest BCUT2D eigenvalue weighted by Gasteiger charge is -2.01. The van der Waals surface area contributed by atoms with Gasteiger partial charge < -0.3 is 14.9 Å². The second-order valence-corrected chi connectivity index (χ2v) is 3.62. The van der Waals surface area contributed by atoms with Crippen LogP contribution in [0.25, 0.3) is 11.0 Å². The van der Waals surface area contributed by atoms with Gasteiger partial charge in [0.25, 0.3) is 0 Å². The highest BCUT2D eigenvalue weighted by molar-refractivity contribution is 5.87. The van der Waals surface area contributed by atoms with Crippen LogP contribution in [0.3, 0.4) is 0 Å². The number of amides is 2. The second kappa shape index (κ2) is 5.21. The Morgan fingerprint density at radius 2 is 2.32 bits per heavy atom. The molecule has 1 aromatic carbocycles. The van der Waals surface area contributed by atoms with Crippen molar-refractivity contribution < 1.29 is 13.9 Å². The third kappa shape index (κ3) is 2.71. The molecule has 7 nitrogen and oxygen atoms in total. The smallest absolute Gasteiger partial charge is 0.332 e. The number of nitrogens with zero attached hydrogens (tertiary/aromatic N) is 1. The molecule has 0 radical (unpaired) electrons. The number of fused-ring (bicyclic) bond motifs is 1. The maximum Gasteiger partial charge on any atom is 0.332 e. The monoisotopic (exact) mass is 261 g/mol. The molecule has 0 unspecified atom stereocenters. The minimum absolute atomic E-state index is 0.200. The number of carbonyl (C=O) groups is 1. The number of nitrogens with one attached hydrogen (secondary N) is 1. The van der Waals surface area contributed by atoms with Crippen molar-refractivity contribution in [3.8, 4) is 5.75 Å². The van der Waals surface area contributed by atoms with E-state index in [1.807, 2.05) is 5.43 Å². The minimum atomic E-state index is -0.814. The number of primary amides is 1. The van der Waals surface area contributed by atoms with Gasteiger partial charge in [-0.25, -0.2) is 10.2 Å². The highest BCUT2D eigenvalue weighted by Gasteiger charge is 2.06. The summed E-state index contributed by atoms with van der Waals surface area (Å²) in [6.07, 6.45) is 2.41. The predicted molar refractivity (Wildman–Crippen MR) is 69.3 cm³/mol. The number of ether oxygens (including phenoxy) is 1. The van der Waals surface area contributed by atoms with Crippen molar-refractivity contribution in [2.24, 2.45) is 10.8 Å². The van der Waals surface area contributed by atoms with E-state index in [0.29, 0.717) is 16.7 Å². The maximum absolute atomic E-state index is 12.1. The summed E-state index contributed by atoms with van der Waals surface area (Å²) in [7, 11) is 1.52. The first-order valence-corrected chi connectivity index (χ1v) is 5.30. The third-order valence-corrected chi connectivity index (χ3v) is 2.39. The van der Waals surface area contributed by atoms with E-state index in [-0.39, 0.29) is 11.0 Å². The van der Waals surface area contributed by atoms with Crippen LogP contribution in [-0.4, -0.2) is 19.4 Å². The largest absolute Gasteiger partial charge is 0.497 e. The lowest BCUT2D eigenvalue weighted by molar-refractivity contribution is 0.249. The molecule has 2 aromatic rings. The summed E-state index contributed by atoms with van der Waals surface area (Å²) >= 11 is 0. The molecule has 3 N–H and O–H groups in total. The molecule has 0 saturated carbocycles. The topological polar surface area (TPSA) is 107 Å². The summed E-state index contributed by atoms with van der Waals surface area (Å²) in [5.41, 5.74) is 7.18. The predicted octanol–water partition coefficient (Wildman–Crippen LogP) is 0.804. The first-order valence-electron chi connectivity index (χ1n) is 5.30. The number of methoxy groups -OCH3 is 1. The van der Waals surface area contributed by atoms with Gasteiger partial charge in [-0.05, 0) is 12.1 Å². The molecule has 7 heteroatoms. The molecule has 1 aromatic heterocycles. The van der Waals surface area contributed by atoms with Crippen molar-refractivity contribution in [1.82, 2.24) is 5.43 Å². The van der Waals surface area contributed by atoms with Gasteiger partial charge in [0, 0.05) is 6.07 Å². The van der Waals surface area contributed by atoms with Gasteiger partial charge >= 0.3 is 6.03 Å². The lowest BCUT2D eigenvalue weighted by atomic mass is 10.2. The van der Waals surface area contributed by atoms with Crippen LogP contribution in [-0.2, 0) is 0 Å². The average molecular weight is 261 g/mol. The van der Waals surface area contributed by atoms with Gasteiger partial charge in [0.05, 0.1) is 24.3 Å². The molecule has 0 aliphatic rings. The lowest BCUT2D eigenvalue weighted by Crippen LogP contribution is -2.24. The molecule has 0 saturated heterocycles. The van der Waals surface area contributed by atoms with E-state index < -0.39 is 6.03 Å². The standard InChI is InChI=1S/C12H11N3O4/c1-18-8-2-3-9-10(4-8)19-6-7(11(9)16)5-14-15-12(13)17/h2-6H,1H3,(H3,13,15,17)/b14-5+. The van der Waals surface area contributed by atoms with Gasteiger partial charge in [-0.15, -0.1) is 0 Å². The van der Waals surface area contributed by atoms with Crippen LogP contribution in [0.4, 0.5) is 4.79 Å². The summed E-state index contributed by atoms with van der Waals surface area (Å²) in [6.45, 7) is 0. The van der Waals surface area contributed by atoms with E-state index >= 15 is 0 Å².